The van der Waals surface area contributed by atoms with Crippen LogP contribution >= 0.6 is 11.8 Å². The summed E-state index contributed by atoms with van der Waals surface area (Å²) in [4.78, 5) is 27.9. The van der Waals surface area contributed by atoms with Crippen LogP contribution in [0.4, 0.5) is 5.69 Å². The molecular weight excluding hydrogens is 356 g/mol. The molecule has 0 heterocycles. The summed E-state index contributed by atoms with van der Waals surface area (Å²) in [5.41, 5.74) is 2.61. The zero-order valence-electron chi connectivity index (χ0n) is 16.3. The first kappa shape index (κ1) is 21.0. The molecule has 0 fully saturated rings. The van der Waals surface area contributed by atoms with Crippen molar-refractivity contribution in [3.63, 3.8) is 0 Å². The van der Waals surface area contributed by atoms with Gasteiger partial charge in [-0.25, -0.2) is 0 Å². The minimum absolute atomic E-state index is 0.0352. The third kappa shape index (κ3) is 6.43. The first-order valence-electron chi connectivity index (χ1n) is 9.42. The number of nitrogens with one attached hydrogen (secondary N) is 1. The standard InChI is InChI=1S/C22H28N2O2S/c1-4-6-15-24(5-2)22(26)19-9-7-8-10-20(19)27-16-21(25)23-18-13-11-17(3)12-14-18/h7-14H,4-6,15-16H2,1-3H3,(H,23,25). The van der Waals surface area contributed by atoms with Gasteiger partial charge in [0, 0.05) is 23.7 Å². The fraction of sp³-hybridized carbons (Fsp3) is 0.364. The average Bonchev–Trinajstić information content (AvgIpc) is 2.69. The Balaban J connectivity index is 2.01. The van der Waals surface area contributed by atoms with E-state index in [1.807, 2.05) is 67.3 Å². The van der Waals surface area contributed by atoms with Crippen LogP contribution in [0.15, 0.2) is 53.4 Å². The Morgan fingerprint density at radius 2 is 1.74 bits per heavy atom. The van der Waals surface area contributed by atoms with E-state index in [0.717, 1.165) is 35.5 Å². The lowest BCUT2D eigenvalue weighted by molar-refractivity contribution is -0.113. The molecule has 0 spiro atoms. The number of thioether (sulfide) groups is 1. The molecule has 27 heavy (non-hydrogen) atoms. The molecule has 144 valence electrons. The smallest absolute Gasteiger partial charge is 0.254 e. The van der Waals surface area contributed by atoms with Gasteiger partial charge in [0.1, 0.15) is 0 Å². The Labute approximate surface area is 166 Å². The van der Waals surface area contributed by atoms with Gasteiger partial charge in [0.25, 0.3) is 5.91 Å². The highest BCUT2D eigenvalue weighted by Gasteiger charge is 2.18. The van der Waals surface area contributed by atoms with Gasteiger partial charge in [-0.15, -0.1) is 11.8 Å². The van der Waals surface area contributed by atoms with Crippen molar-refractivity contribution in [2.75, 3.05) is 24.2 Å². The lowest BCUT2D eigenvalue weighted by Gasteiger charge is -2.22. The van der Waals surface area contributed by atoms with E-state index in [-0.39, 0.29) is 17.6 Å². The molecule has 0 bridgehead atoms. The molecule has 2 aromatic rings. The summed E-state index contributed by atoms with van der Waals surface area (Å²) in [6, 6.07) is 15.2. The molecule has 2 aromatic carbocycles. The molecule has 2 amide bonds. The summed E-state index contributed by atoms with van der Waals surface area (Å²) in [6.45, 7) is 7.58. The second kappa shape index (κ2) is 10.8. The third-order valence-electron chi connectivity index (χ3n) is 4.26. The van der Waals surface area contributed by atoms with E-state index in [4.69, 9.17) is 0 Å². The monoisotopic (exact) mass is 384 g/mol. The minimum Gasteiger partial charge on any atom is -0.339 e. The molecule has 0 aliphatic carbocycles. The summed E-state index contributed by atoms with van der Waals surface area (Å²) < 4.78 is 0. The average molecular weight is 385 g/mol. The Kier molecular flexibility index (Phi) is 8.40. The number of hydrogen-bond acceptors (Lipinski definition) is 3. The van der Waals surface area contributed by atoms with E-state index in [2.05, 4.69) is 12.2 Å². The summed E-state index contributed by atoms with van der Waals surface area (Å²) >= 11 is 1.40. The highest BCUT2D eigenvalue weighted by atomic mass is 32.2. The first-order valence-corrected chi connectivity index (χ1v) is 10.4. The lowest BCUT2D eigenvalue weighted by atomic mass is 10.2. The van der Waals surface area contributed by atoms with Crippen LogP contribution in [-0.2, 0) is 4.79 Å². The van der Waals surface area contributed by atoms with Crippen molar-refractivity contribution in [2.24, 2.45) is 0 Å². The Bertz CT molecular complexity index is 759. The normalized spacial score (nSPS) is 10.5. The highest BCUT2D eigenvalue weighted by molar-refractivity contribution is 8.00. The summed E-state index contributed by atoms with van der Waals surface area (Å²) in [6.07, 6.45) is 2.05. The van der Waals surface area contributed by atoms with Gasteiger partial charge in [-0.05, 0) is 44.5 Å². The van der Waals surface area contributed by atoms with Crippen LogP contribution in [0.3, 0.4) is 0 Å². The minimum atomic E-state index is -0.0792. The molecule has 0 atom stereocenters. The second-order valence-corrected chi connectivity index (χ2v) is 7.45. The predicted molar refractivity (Wildman–Crippen MR) is 113 cm³/mol. The Hall–Kier alpha value is -2.27. The Morgan fingerprint density at radius 3 is 2.41 bits per heavy atom. The van der Waals surface area contributed by atoms with Gasteiger partial charge in [0.15, 0.2) is 0 Å². The van der Waals surface area contributed by atoms with Crippen molar-refractivity contribution < 1.29 is 9.59 Å². The molecular formula is C22H28N2O2S. The number of benzene rings is 2. The van der Waals surface area contributed by atoms with Crippen LogP contribution in [0.1, 0.15) is 42.6 Å². The number of rotatable bonds is 9. The topological polar surface area (TPSA) is 49.4 Å². The maximum absolute atomic E-state index is 12.9. The second-order valence-electron chi connectivity index (χ2n) is 6.44. The molecule has 0 unspecified atom stereocenters. The molecule has 0 aliphatic heterocycles. The number of anilines is 1. The van der Waals surface area contributed by atoms with E-state index in [1.165, 1.54) is 11.8 Å². The molecule has 0 aliphatic rings. The molecule has 1 N–H and O–H groups in total. The highest BCUT2D eigenvalue weighted by Crippen LogP contribution is 2.24. The quantitative estimate of drug-likeness (QED) is 0.620. The fourth-order valence-electron chi connectivity index (χ4n) is 2.67. The fourth-order valence-corrected chi connectivity index (χ4v) is 3.51. The number of carbonyl (C=O) groups excluding carboxylic acids is 2. The number of unbranched alkanes of at least 4 members (excludes halogenated alkanes) is 1. The van der Waals surface area contributed by atoms with E-state index in [1.54, 1.807) is 0 Å². The van der Waals surface area contributed by atoms with Gasteiger partial charge < -0.3 is 10.2 Å². The van der Waals surface area contributed by atoms with Crippen LogP contribution in [-0.4, -0.2) is 35.6 Å². The summed E-state index contributed by atoms with van der Waals surface area (Å²) in [7, 11) is 0. The van der Waals surface area contributed by atoms with Crippen molar-refractivity contribution in [3.8, 4) is 0 Å². The third-order valence-corrected chi connectivity index (χ3v) is 5.34. The lowest BCUT2D eigenvalue weighted by Crippen LogP contribution is -2.32. The summed E-state index contributed by atoms with van der Waals surface area (Å²) in [5, 5.41) is 2.89. The molecule has 0 radical (unpaired) electrons. The van der Waals surface area contributed by atoms with Gasteiger partial charge in [-0.3, -0.25) is 9.59 Å². The number of carbonyl (C=O) groups is 2. The van der Waals surface area contributed by atoms with Crippen LogP contribution in [0.25, 0.3) is 0 Å². The van der Waals surface area contributed by atoms with E-state index < -0.39 is 0 Å². The zero-order chi connectivity index (χ0) is 19.6. The van der Waals surface area contributed by atoms with Gasteiger partial charge in [0.05, 0.1) is 11.3 Å². The number of hydrogen-bond donors (Lipinski definition) is 1. The number of aryl methyl sites for hydroxylation is 1. The molecule has 0 saturated carbocycles. The van der Waals surface area contributed by atoms with Crippen molar-refractivity contribution >= 4 is 29.3 Å². The molecule has 5 heteroatoms. The Morgan fingerprint density at radius 1 is 1.04 bits per heavy atom. The van der Waals surface area contributed by atoms with Gasteiger partial charge >= 0.3 is 0 Å². The molecule has 0 saturated heterocycles. The van der Waals surface area contributed by atoms with Crippen LogP contribution in [0.5, 0.6) is 0 Å². The van der Waals surface area contributed by atoms with Crippen LogP contribution in [0, 0.1) is 6.92 Å². The van der Waals surface area contributed by atoms with E-state index in [0.29, 0.717) is 12.1 Å². The zero-order valence-corrected chi connectivity index (χ0v) is 17.1. The van der Waals surface area contributed by atoms with Crippen molar-refractivity contribution in [3.05, 3.63) is 59.7 Å². The maximum atomic E-state index is 12.9. The van der Waals surface area contributed by atoms with Crippen molar-refractivity contribution in [1.82, 2.24) is 4.90 Å². The molecule has 4 nitrogen and oxygen atoms in total. The van der Waals surface area contributed by atoms with E-state index in [9.17, 15) is 9.59 Å². The van der Waals surface area contributed by atoms with Gasteiger partial charge in [-0.1, -0.05) is 43.2 Å². The predicted octanol–water partition coefficient (Wildman–Crippen LogP) is 4.99. The number of amides is 2. The SMILES string of the molecule is CCCCN(CC)C(=O)c1ccccc1SCC(=O)Nc1ccc(C)cc1. The van der Waals surface area contributed by atoms with Crippen molar-refractivity contribution in [1.29, 1.82) is 0 Å². The van der Waals surface area contributed by atoms with Crippen LogP contribution in [0.2, 0.25) is 0 Å². The molecule has 0 aromatic heterocycles. The number of nitrogens with zero attached hydrogens (tertiary/aromatic N) is 1. The maximum Gasteiger partial charge on any atom is 0.254 e. The van der Waals surface area contributed by atoms with Crippen molar-refractivity contribution in [2.45, 2.75) is 38.5 Å². The van der Waals surface area contributed by atoms with E-state index >= 15 is 0 Å². The van der Waals surface area contributed by atoms with Gasteiger partial charge in [-0.2, -0.15) is 0 Å². The van der Waals surface area contributed by atoms with Gasteiger partial charge in [0.2, 0.25) is 5.91 Å². The van der Waals surface area contributed by atoms with Crippen LogP contribution < -0.4 is 5.32 Å². The largest absolute Gasteiger partial charge is 0.339 e. The summed E-state index contributed by atoms with van der Waals surface area (Å²) in [5.74, 6) is 0.219. The molecule has 2 rings (SSSR count). The first-order chi connectivity index (χ1) is 13.0.